The van der Waals surface area contributed by atoms with Crippen LogP contribution in [0.2, 0.25) is 0 Å². The molecule has 2 N–H and O–H groups in total. The van der Waals surface area contributed by atoms with Crippen molar-refractivity contribution in [1.29, 1.82) is 0 Å². The van der Waals surface area contributed by atoms with Crippen molar-refractivity contribution in [2.45, 2.75) is 68.5 Å². The quantitative estimate of drug-likeness (QED) is 0.695. The van der Waals surface area contributed by atoms with Gasteiger partial charge in [0.2, 0.25) is 0 Å². The fraction of sp³-hybridized carbons (Fsp3) is 0.524. The number of alkyl halides is 1. The molecule has 1 heterocycles. The van der Waals surface area contributed by atoms with E-state index in [0.29, 0.717) is 16.5 Å². The molecule has 0 spiro atoms. The lowest BCUT2D eigenvalue weighted by atomic mass is 9.77. The largest absolute Gasteiger partial charge is 0.390 e. The number of fused-ring (bicyclic) bond motifs is 1. The van der Waals surface area contributed by atoms with Crippen LogP contribution in [0.4, 0.5) is 8.78 Å². The van der Waals surface area contributed by atoms with Gasteiger partial charge in [0.1, 0.15) is 11.3 Å². The van der Waals surface area contributed by atoms with Crippen molar-refractivity contribution in [3.8, 4) is 0 Å². The van der Waals surface area contributed by atoms with Crippen LogP contribution in [-0.4, -0.2) is 33.1 Å². The molecule has 1 aromatic carbocycles. The zero-order valence-electron chi connectivity index (χ0n) is 16.3. The highest BCUT2D eigenvalue weighted by Gasteiger charge is 2.31. The van der Waals surface area contributed by atoms with Gasteiger partial charge in [0.05, 0.1) is 16.7 Å². The van der Waals surface area contributed by atoms with Crippen LogP contribution >= 0.6 is 11.8 Å². The van der Waals surface area contributed by atoms with E-state index in [1.807, 2.05) is 13.8 Å². The molecule has 4 nitrogen and oxygen atoms in total. The highest BCUT2D eigenvalue weighted by Crippen LogP contribution is 2.33. The Bertz CT molecular complexity index is 859. The Morgan fingerprint density at radius 1 is 1.29 bits per heavy atom. The van der Waals surface area contributed by atoms with Gasteiger partial charge in [-0.05, 0) is 70.6 Å². The van der Waals surface area contributed by atoms with Crippen molar-refractivity contribution < 1.29 is 18.7 Å². The molecular weight excluding hydrogens is 382 g/mol. The third-order valence-corrected chi connectivity index (χ3v) is 6.24. The first-order valence-corrected chi connectivity index (χ1v) is 10.4. The lowest BCUT2D eigenvalue weighted by molar-refractivity contribution is -0.00257. The second-order valence-electron chi connectivity index (χ2n) is 8.04. The molecule has 1 aliphatic rings. The molecule has 0 radical (unpaired) electrons. The minimum atomic E-state index is -1.22. The van der Waals surface area contributed by atoms with Crippen molar-refractivity contribution in [3.63, 3.8) is 0 Å². The van der Waals surface area contributed by atoms with Crippen LogP contribution < -0.4 is 5.32 Å². The van der Waals surface area contributed by atoms with Crippen molar-refractivity contribution in [1.82, 2.24) is 10.3 Å². The number of aliphatic hydroxyl groups is 1. The van der Waals surface area contributed by atoms with Gasteiger partial charge in [-0.25, -0.2) is 8.78 Å². The van der Waals surface area contributed by atoms with Crippen molar-refractivity contribution >= 4 is 28.6 Å². The topological polar surface area (TPSA) is 62.2 Å². The van der Waals surface area contributed by atoms with Crippen molar-refractivity contribution in [2.24, 2.45) is 5.92 Å². The number of carbonyl (C=O) groups is 1. The molecular formula is C21H26F2N2O2S. The summed E-state index contributed by atoms with van der Waals surface area (Å²) < 4.78 is 27.3. The number of nitrogens with zero attached hydrogens (tertiary/aromatic N) is 1. The lowest BCUT2D eigenvalue weighted by Crippen LogP contribution is -2.41. The maximum atomic E-state index is 14.2. The molecule has 152 valence electrons. The maximum Gasteiger partial charge on any atom is 0.253 e. The molecule has 1 aromatic heterocycles. The van der Waals surface area contributed by atoms with Crippen LogP contribution in [0.5, 0.6) is 0 Å². The first-order valence-electron chi connectivity index (χ1n) is 9.56. The zero-order chi connectivity index (χ0) is 20.5. The van der Waals surface area contributed by atoms with Gasteiger partial charge in [-0.2, -0.15) is 0 Å². The van der Waals surface area contributed by atoms with Crippen LogP contribution in [0.15, 0.2) is 29.3 Å². The van der Waals surface area contributed by atoms with E-state index in [2.05, 4.69) is 10.3 Å². The van der Waals surface area contributed by atoms with E-state index in [-0.39, 0.29) is 22.8 Å². The Morgan fingerprint density at radius 3 is 2.57 bits per heavy atom. The summed E-state index contributed by atoms with van der Waals surface area (Å²) in [7, 11) is 0. The van der Waals surface area contributed by atoms with Gasteiger partial charge in [0.25, 0.3) is 5.91 Å². The van der Waals surface area contributed by atoms with Crippen LogP contribution in [0, 0.1) is 11.7 Å². The van der Waals surface area contributed by atoms with Gasteiger partial charge in [0.15, 0.2) is 0 Å². The van der Waals surface area contributed by atoms with E-state index < -0.39 is 16.9 Å². The van der Waals surface area contributed by atoms with Crippen LogP contribution in [0.25, 0.3) is 10.9 Å². The number of benzene rings is 1. The molecule has 1 aliphatic carbocycles. The van der Waals surface area contributed by atoms with Crippen LogP contribution in [0.1, 0.15) is 56.8 Å². The third kappa shape index (κ3) is 5.00. The number of hydrogen-bond acceptors (Lipinski definition) is 4. The number of carbonyl (C=O) groups excluding carboxylic acids is 1. The average molecular weight is 409 g/mol. The number of nitrogens with one attached hydrogen (secondary N) is 1. The summed E-state index contributed by atoms with van der Waals surface area (Å²) in [5, 5.41) is 13.7. The molecule has 1 fully saturated rings. The summed E-state index contributed by atoms with van der Waals surface area (Å²) in [6.07, 6.45) is 4.83. The SMILES string of the molecule is CC(F)Sc1cc2ncc(C(=O)NC3CCC(C(C)(C)O)CC3)cc2cc1F. The van der Waals surface area contributed by atoms with Crippen LogP contribution in [-0.2, 0) is 0 Å². The van der Waals surface area contributed by atoms with Crippen molar-refractivity contribution in [2.75, 3.05) is 0 Å². The van der Waals surface area contributed by atoms with E-state index in [0.717, 1.165) is 37.4 Å². The zero-order valence-corrected chi connectivity index (χ0v) is 17.2. The number of thioether (sulfide) groups is 1. The Labute approximate surface area is 168 Å². The minimum Gasteiger partial charge on any atom is -0.390 e. The Morgan fingerprint density at radius 2 is 1.96 bits per heavy atom. The second kappa shape index (κ2) is 8.33. The van der Waals surface area contributed by atoms with Gasteiger partial charge in [-0.1, -0.05) is 11.8 Å². The molecule has 28 heavy (non-hydrogen) atoms. The van der Waals surface area contributed by atoms with E-state index in [1.165, 1.54) is 25.3 Å². The predicted octanol–water partition coefficient (Wildman–Crippen LogP) is 4.84. The fourth-order valence-corrected chi connectivity index (χ4v) is 4.43. The number of pyridine rings is 1. The highest BCUT2D eigenvalue weighted by molar-refractivity contribution is 7.99. The molecule has 0 bridgehead atoms. The number of amides is 1. The van der Waals surface area contributed by atoms with E-state index in [4.69, 9.17) is 0 Å². The predicted molar refractivity (Wildman–Crippen MR) is 108 cm³/mol. The van der Waals surface area contributed by atoms with Gasteiger partial charge < -0.3 is 10.4 Å². The van der Waals surface area contributed by atoms with Gasteiger partial charge in [-0.3, -0.25) is 9.78 Å². The molecule has 1 amide bonds. The molecule has 1 atom stereocenters. The molecule has 3 rings (SSSR count). The van der Waals surface area contributed by atoms with Crippen molar-refractivity contribution in [3.05, 3.63) is 35.8 Å². The Balaban J connectivity index is 1.69. The number of rotatable bonds is 5. The van der Waals surface area contributed by atoms with Gasteiger partial charge in [0, 0.05) is 22.5 Å². The third-order valence-electron chi connectivity index (χ3n) is 5.35. The summed E-state index contributed by atoms with van der Waals surface area (Å²) in [5.74, 6) is -0.520. The van der Waals surface area contributed by atoms with E-state index >= 15 is 0 Å². The van der Waals surface area contributed by atoms with Crippen LogP contribution in [0.3, 0.4) is 0 Å². The van der Waals surface area contributed by atoms with E-state index in [9.17, 15) is 18.7 Å². The average Bonchev–Trinajstić information content (AvgIpc) is 2.61. The number of aromatic nitrogens is 1. The monoisotopic (exact) mass is 408 g/mol. The summed E-state index contributed by atoms with van der Waals surface area (Å²) in [6.45, 7) is 5.01. The second-order valence-corrected chi connectivity index (χ2v) is 9.36. The first-order chi connectivity index (χ1) is 13.1. The number of hydrogen-bond donors (Lipinski definition) is 2. The maximum absolute atomic E-state index is 14.2. The van der Waals surface area contributed by atoms with E-state index in [1.54, 1.807) is 6.07 Å². The molecule has 1 unspecified atom stereocenters. The summed E-state index contributed by atoms with van der Waals surface area (Å²) >= 11 is 0.797. The first kappa shape index (κ1) is 21.0. The summed E-state index contributed by atoms with van der Waals surface area (Å²) in [6, 6.07) is 4.46. The number of halogens is 2. The molecule has 0 aliphatic heterocycles. The molecule has 7 heteroatoms. The molecule has 2 aromatic rings. The van der Waals surface area contributed by atoms with Gasteiger partial charge in [-0.15, -0.1) is 0 Å². The molecule has 1 saturated carbocycles. The lowest BCUT2D eigenvalue weighted by Gasteiger charge is -2.36. The Hall–Kier alpha value is -1.73. The fourth-order valence-electron chi connectivity index (χ4n) is 3.73. The van der Waals surface area contributed by atoms with Gasteiger partial charge >= 0.3 is 0 Å². The Kier molecular flexibility index (Phi) is 6.25. The summed E-state index contributed by atoms with van der Waals surface area (Å²) in [4.78, 5) is 17.0. The smallest absolute Gasteiger partial charge is 0.253 e. The molecule has 0 saturated heterocycles. The summed E-state index contributed by atoms with van der Waals surface area (Å²) in [5.41, 5.74) is -1.02. The minimum absolute atomic E-state index is 0.0587. The normalized spacial score (nSPS) is 21.5. The standard InChI is InChI=1S/C21H26F2N2O2S/c1-12(22)28-19-10-18-13(9-17(19)23)8-14(11-24-18)20(26)25-16-6-4-15(5-7-16)21(2,3)27/h8-12,15-16,27H,4-7H2,1-3H3,(H,25,26). The highest BCUT2D eigenvalue weighted by atomic mass is 32.2.